The molecule has 1 aromatic rings. The monoisotopic (exact) mass is 298 g/mol. The molecule has 2 rings (SSSR count). The fourth-order valence-corrected chi connectivity index (χ4v) is 2.69. The fourth-order valence-electron chi connectivity index (χ4n) is 2.31. The Bertz CT molecular complexity index is 378. The van der Waals surface area contributed by atoms with Crippen LogP contribution in [0.3, 0.4) is 0 Å². The molecule has 0 spiro atoms. The first-order valence-electron chi connectivity index (χ1n) is 6.00. The van der Waals surface area contributed by atoms with Crippen molar-refractivity contribution in [3.05, 3.63) is 22.7 Å². The maximum atomic E-state index is 6.02. The van der Waals surface area contributed by atoms with Gasteiger partial charge in [-0.2, -0.15) is 0 Å². The Kier molecular flexibility index (Phi) is 4.29. The minimum absolute atomic E-state index is 0.622. The van der Waals surface area contributed by atoms with Crippen LogP contribution >= 0.6 is 15.9 Å². The highest BCUT2D eigenvalue weighted by molar-refractivity contribution is 9.10. The second kappa shape index (κ2) is 5.74. The van der Waals surface area contributed by atoms with Crippen molar-refractivity contribution >= 4 is 27.3 Å². The molecule has 0 aromatic heterocycles. The molecule has 1 aliphatic heterocycles. The number of benzene rings is 1. The van der Waals surface area contributed by atoms with Gasteiger partial charge < -0.3 is 15.4 Å². The molecule has 17 heavy (non-hydrogen) atoms. The first kappa shape index (κ1) is 12.7. The maximum absolute atomic E-state index is 6.02. The van der Waals surface area contributed by atoms with E-state index in [0.717, 1.165) is 35.6 Å². The Hall–Kier alpha value is -0.740. The van der Waals surface area contributed by atoms with E-state index in [2.05, 4.69) is 33.9 Å². The lowest BCUT2D eigenvalue weighted by atomic mass is 10.0. The summed E-state index contributed by atoms with van der Waals surface area (Å²) in [6, 6.07) is 6.03. The molecule has 4 heteroatoms. The van der Waals surface area contributed by atoms with Crippen LogP contribution < -0.4 is 10.6 Å². The molecule has 0 aliphatic carbocycles. The average Bonchev–Trinajstić information content (AvgIpc) is 2.30. The van der Waals surface area contributed by atoms with E-state index in [9.17, 15) is 0 Å². The standard InChI is InChI=1S/C13H19BrN2O/c1-16(8-10-3-2-6-17-9-10)13-5-4-11(14)7-12(13)15/h4-5,7,10H,2-3,6,8-9,15H2,1H3. The van der Waals surface area contributed by atoms with E-state index in [1.165, 1.54) is 12.8 Å². The van der Waals surface area contributed by atoms with Gasteiger partial charge >= 0.3 is 0 Å². The first-order chi connectivity index (χ1) is 8.16. The van der Waals surface area contributed by atoms with Crippen LogP contribution in [0.5, 0.6) is 0 Å². The lowest BCUT2D eigenvalue weighted by molar-refractivity contribution is 0.0576. The van der Waals surface area contributed by atoms with Crippen molar-refractivity contribution in [2.45, 2.75) is 12.8 Å². The van der Waals surface area contributed by atoms with E-state index in [-0.39, 0.29) is 0 Å². The summed E-state index contributed by atoms with van der Waals surface area (Å²) in [6.45, 7) is 2.80. The van der Waals surface area contributed by atoms with E-state index < -0.39 is 0 Å². The summed E-state index contributed by atoms with van der Waals surface area (Å²) < 4.78 is 6.52. The normalized spacial score (nSPS) is 20.2. The number of rotatable bonds is 3. The number of nitrogen functional groups attached to an aromatic ring is 1. The van der Waals surface area contributed by atoms with Crippen LogP contribution in [0.4, 0.5) is 11.4 Å². The van der Waals surface area contributed by atoms with Gasteiger partial charge in [0.05, 0.1) is 18.0 Å². The van der Waals surface area contributed by atoms with Crippen molar-refractivity contribution in [2.75, 3.05) is 37.4 Å². The van der Waals surface area contributed by atoms with E-state index >= 15 is 0 Å². The molecule has 94 valence electrons. The number of nitrogens with zero attached hydrogens (tertiary/aromatic N) is 1. The second-order valence-corrected chi connectivity index (χ2v) is 5.58. The van der Waals surface area contributed by atoms with Crippen molar-refractivity contribution in [3.63, 3.8) is 0 Å². The zero-order valence-electron chi connectivity index (χ0n) is 10.2. The van der Waals surface area contributed by atoms with Crippen LogP contribution in [0, 0.1) is 5.92 Å². The molecule has 1 fully saturated rings. The van der Waals surface area contributed by atoms with Gasteiger partial charge in [-0.3, -0.25) is 0 Å². The van der Waals surface area contributed by atoms with Gasteiger partial charge in [-0.15, -0.1) is 0 Å². The molecule has 1 aromatic carbocycles. The van der Waals surface area contributed by atoms with Gasteiger partial charge in [0.2, 0.25) is 0 Å². The zero-order valence-corrected chi connectivity index (χ0v) is 11.7. The fraction of sp³-hybridized carbons (Fsp3) is 0.538. The predicted molar refractivity (Wildman–Crippen MR) is 75.4 cm³/mol. The van der Waals surface area contributed by atoms with Crippen molar-refractivity contribution in [1.29, 1.82) is 0 Å². The second-order valence-electron chi connectivity index (χ2n) is 4.67. The Morgan fingerprint density at radius 3 is 3.00 bits per heavy atom. The molecule has 0 bridgehead atoms. The molecule has 1 unspecified atom stereocenters. The summed E-state index contributed by atoms with van der Waals surface area (Å²) in [6.07, 6.45) is 2.43. The minimum atomic E-state index is 0.622. The molecule has 0 amide bonds. The van der Waals surface area contributed by atoms with Gasteiger partial charge in [0.1, 0.15) is 0 Å². The number of hydrogen-bond acceptors (Lipinski definition) is 3. The molecular weight excluding hydrogens is 280 g/mol. The van der Waals surface area contributed by atoms with E-state index in [1.807, 2.05) is 12.1 Å². The van der Waals surface area contributed by atoms with Gasteiger partial charge in [0.15, 0.2) is 0 Å². The predicted octanol–water partition coefficient (Wildman–Crippen LogP) is 2.89. The molecule has 1 saturated heterocycles. The van der Waals surface area contributed by atoms with E-state index in [0.29, 0.717) is 5.92 Å². The zero-order chi connectivity index (χ0) is 12.3. The van der Waals surface area contributed by atoms with Crippen LogP contribution in [0.15, 0.2) is 22.7 Å². The van der Waals surface area contributed by atoms with Crippen LogP contribution in [0.2, 0.25) is 0 Å². The Labute approximate surface area is 111 Å². The summed E-state index contributed by atoms with van der Waals surface area (Å²) in [7, 11) is 2.09. The largest absolute Gasteiger partial charge is 0.397 e. The van der Waals surface area contributed by atoms with Gasteiger partial charge in [0.25, 0.3) is 0 Å². The molecular formula is C13H19BrN2O. The number of halogens is 1. The SMILES string of the molecule is CN(CC1CCCOC1)c1ccc(Br)cc1N. The molecule has 2 N–H and O–H groups in total. The smallest absolute Gasteiger partial charge is 0.0598 e. The van der Waals surface area contributed by atoms with Gasteiger partial charge in [0, 0.05) is 24.7 Å². The van der Waals surface area contributed by atoms with E-state index in [4.69, 9.17) is 10.5 Å². The summed E-state index contributed by atoms with van der Waals surface area (Å²) in [5.74, 6) is 0.622. The number of anilines is 2. The Morgan fingerprint density at radius 1 is 1.53 bits per heavy atom. The number of nitrogens with two attached hydrogens (primary N) is 1. The molecule has 1 atom stereocenters. The van der Waals surface area contributed by atoms with Crippen molar-refractivity contribution in [2.24, 2.45) is 5.92 Å². The molecule has 1 heterocycles. The van der Waals surface area contributed by atoms with Crippen molar-refractivity contribution in [3.8, 4) is 0 Å². The lowest BCUT2D eigenvalue weighted by Crippen LogP contribution is -2.31. The number of hydrogen-bond donors (Lipinski definition) is 1. The third-order valence-corrected chi connectivity index (χ3v) is 3.68. The summed E-state index contributed by atoms with van der Waals surface area (Å²) >= 11 is 3.43. The highest BCUT2D eigenvalue weighted by atomic mass is 79.9. The van der Waals surface area contributed by atoms with Gasteiger partial charge in [-0.1, -0.05) is 15.9 Å². The average molecular weight is 299 g/mol. The third kappa shape index (κ3) is 3.36. The summed E-state index contributed by atoms with van der Waals surface area (Å²) in [5, 5.41) is 0. The lowest BCUT2D eigenvalue weighted by Gasteiger charge is -2.29. The third-order valence-electron chi connectivity index (χ3n) is 3.19. The van der Waals surface area contributed by atoms with E-state index in [1.54, 1.807) is 0 Å². The molecule has 1 aliphatic rings. The van der Waals surface area contributed by atoms with Crippen LogP contribution in [0.25, 0.3) is 0 Å². The minimum Gasteiger partial charge on any atom is -0.397 e. The highest BCUT2D eigenvalue weighted by Crippen LogP contribution is 2.27. The van der Waals surface area contributed by atoms with Crippen LogP contribution in [-0.4, -0.2) is 26.8 Å². The van der Waals surface area contributed by atoms with Crippen molar-refractivity contribution in [1.82, 2.24) is 0 Å². The summed E-state index contributed by atoms with van der Waals surface area (Å²) in [4.78, 5) is 2.22. The topological polar surface area (TPSA) is 38.5 Å². The summed E-state index contributed by atoms with van der Waals surface area (Å²) in [5.41, 5.74) is 7.94. The quantitative estimate of drug-likeness (QED) is 0.872. The van der Waals surface area contributed by atoms with Gasteiger partial charge in [-0.05, 0) is 37.0 Å². The van der Waals surface area contributed by atoms with Crippen LogP contribution in [-0.2, 0) is 4.74 Å². The van der Waals surface area contributed by atoms with Crippen molar-refractivity contribution < 1.29 is 4.74 Å². The Balaban J connectivity index is 2.00. The van der Waals surface area contributed by atoms with Gasteiger partial charge in [-0.25, -0.2) is 0 Å². The van der Waals surface area contributed by atoms with Crippen LogP contribution in [0.1, 0.15) is 12.8 Å². The molecule has 3 nitrogen and oxygen atoms in total. The molecule has 0 saturated carbocycles. The first-order valence-corrected chi connectivity index (χ1v) is 6.80. The maximum Gasteiger partial charge on any atom is 0.0598 e. The number of ether oxygens (including phenoxy) is 1. The molecule has 0 radical (unpaired) electrons. The highest BCUT2D eigenvalue weighted by Gasteiger charge is 2.17. The Morgan fingerprint density at radius 2 is 2.35 bits per heavy atom.